The average Bonchev–Trinajstić information content (AvgIpc) is 2.65. The fourth-order valence-corrected chi connectivity index (χ4v) is 3.56. The standard InChI is InChI=1S/C22H26N4O/c1-15-4-5-19(12-25-15)22(27)10-20-8-18(11-23)9-21(17(20)3)14-26-7-6-24-16(2)13-26/h4-5,8-9,12,16,24H,6-7,10,13-14H2,1-3H3/t16-/m0/s1. The van der Waals surface area contributed by atoms with E-state index in [-0.39, 0.29) is 12.2 Å². The van der Waals surface area contributed by atoms with E-state index in [0.29, 0.717) is 17.2 Å². The summed E-state index contributed by atoms with van der Waals surface area (Å²) in [5, 5.41) is 12.9. The Bertz CT molecular complexity index is 867. The average molecular weight is 362 g/mol. The normalized spacial score (nSPS) is 17.5. The summed E-state index contributed by atoms with van der Waals surface area (Å²) in [7, 11) is 0. The largest absolute Gasteiger partial charge is 0.312 e. The molecule has 3 rings (SSSR count). The first-order chi connectivity index (χ1) is 13.0. The van der Waals surface area contributed by atoms with Crippen LogP contribution in [-0.4, -0.2) is 41.3 Å². The molecule has 1 N–H and O–H groups in total. The minimum absolute atomic E-state index is 0.0300. The third-order valence-electron chi connectivity index (χ3n) is 5.18. The van der Waals surface area contributed by atoms with Gasteiger partial charge in [0.05, 0.1) is 11.6 Å². The van der Waals surface area contributed by atoms with E-state index in [2.05, 4.69) is 35.1 Å². The number of aromatic nitrogens is 1. The molecule has 1 aliphatic rings. The van der Waals surface area contributed by atoms with E-state index in [1.54, 1.807) is 6.20 Å². The van der Waals surface area contributed by atoms with E-state index >= 15 is 0 Å². The molecule has 5 nitrogen and oxygen atoms in total. The van der Waals surface area contributed by atoms with Crippen molar-refractivity contribution in [1.82, 2.24) is 15.2 Å². The van der Waals surface area contributed by atoms with Gasteiger partial charge in [-0.2, -0.15) is 5.26 Å². The molecule has 27 heavy (non-hydrogen) atoms. The predicted octanol–water partition coefficient (Wildman–Crippen LogP) is 2.79. The van der Waals surface area contributed by atoms with E-state index in [1.807, 2.05) is 31.2 Å². The quantitative estimate of drug-likeness (QED) is 0.829. The number of ketones is 1. The van der Waals surface area contributed by atoms with E-state index in [0.717, 1.165) is 48.6 Å². The number of piperazine rings is 1. The van der Waals surface area contributed by atoms with Gasteiger partial charge in [0, 0.05) is 56.1 Å². The van der Waals surface area contributed by atoms with Gasteiger partial charge in [-0.05, 0) is 61.7 Å². The summed E-state index contributed by atoms with van der Waals surface area (Å²) in [6, 6.07) is 10.2. The maximum atomic E-state index is 12.7. The molecule has 140 valence electrons. The highest BCUT2D eigenvalue weighted by atomic mass is 16.1. The molecule has 1 aromatic heterocycles. The zero-order chi connectivity index (χ0) is 19.4. The van der Waals surface area contributed by atoms with Gasteiger partial charge in [0.2, 0.25) is 0 Å². The molecule has 5 heteroatoms. The molecule has 2 aromatic rings. The van der Waals surface area contributed by atoms with Crippen LogP contribution in [0.3, 0.4) is 0 Å². The number of nitriles is 1. The highest BCUT2D eigenvalue weighted by Crippen LogP contribution is 2.21. The van der Waals surface area contributed by atoms with Gasteiger partial charge in [0.25, 0.3) is 0 Å². The van der Waals surface area contributed by atoms with Gasteiger partial charge in [-0.1, -0.05) is 0 Å². The molecule has 1 aliphatic heterocycles. The van der Waals surface area contributed by atoms with Crippen LogP contribution in [0.5, 0.6) is 0 Å². The number of rotatable bonds is 5. The smallest absolute Gasteiger partial charge is 0.168 e. The fraction of sp³-hybridized carbons (Fsp3) is 0.409. The zero-order valence-electron chi connectivity index (χ0n) is 16.2. The van der Waals surface area contributed by atoms with Crippen LogP contribution in [0.1, 0.15) is 45.2 Å². The van der Waals surface area contributed by atoms with Crippen LogP contribution >= 0.6 is 0 Å². The van der Waals surface area contributed by atoms with Crippen molar-refractivity contribution < 1.29 is 4.79 Å². The number of aryl methyl sites for hydroxylation is 1. The lowest BCUT2D eigenvalue weighted by atomic mass is 9.93. The Kier molecular flexibility index (Phi) is 6.00. The fourth-order valence-electron chi connectivity index (χ4n) is 3.56. The van der Waals surface area contributed by atoms with E-state index in [9.17, 15) is 10.1 Å². The summed E-state index contributed by atoms with van der Waals surface area (Å²) in [4.78, 5) is 19.3. The zero-order valence-corrected chi connectivity index (χ0v) is 16.2. The van der Waals surface area contributed by atoms with Crippen LogP contribution in [0.25, 0.3) is 0 Å². The Morgan fingerprint density at radius 3 is 2.78 bits per heavy atom. The first kappa shape index (κ1) is 19.2. The van der Waals surface area contributed by atoms with Crippen LogP contribution in [0, 0.1) is 25.2 Å². The molecule has 0 unspecified atom stereocenters. The van der Waals surface area contributed by atoms with Crippen LogP contribution in [0.2, 0.25) is 0 Å². The van der Waals surface area contributed by atoms with Gasteiger partial charge < -0.3 is 5.32 Å². The number of nitrogens with zero attached hydrogens (tertiary/aromatic N) is 3. The molecule has 1 saturated heterocycles. The molecule has 1 aromatic carbocycles. The van der Waals surface area contributed by atoms with Crippen molar-refractivity contribution in [3.63, 3.8) is 0 Å². The highest BCUT2D eigenvalue weighted by Gasteiger charge is 2.18. The molecular weight excluding hydrogens is 336 g/mol. The van der Waals surface area contributed by atoms with Crippen molar-refractivity contribution in [3.05, 3.63) is 64.0 Å². The summed E-state index contributed by atoms with van der Waals surface area (Å²) in [6.45, 7) is 9.90. The minimum Gasteiger partial charge on any atom is -0.312 e. The van der Waals surface area contributed by atoms with Gasteiger partial charge in [-0.15, -0.1) is 0 Å². The molecular formula is C22H26N4O. The number of benzene rings is 1. The Balaban J connectivity index is 1.83. The van der Waals surface area contributed by atoms with Crippen molar-refractivity contribution in [2.75, 3.05) is 19.6 Å². The summed E-state index contributed by atoms with van der Waals surface area (Å²) < 4.78 is 0. The molecule has 0 saturated carbocycles. The SMILES string of the molecule is Cc1ccc(C(=O)Cc2cc(C#N)cc(CN3CCN[C@@H](C)C3)c2C)cn1. The molecule has 0 bridgehead atoms. The maximum Gasteiger partial charge on any atom is 0.168 e. The van der Waals surface area contributed by atoms with E-state index in [1.165, 1.54) is 0 Å². The third kappa shape index (κ3) is 4.79. The molecule has 1 fully saturated rings. The third-order valence-corrected chi connectivity index (χ3v) is 5.18. The molecule has 0 aliphatic carbocycles. The van der Waals surface area contributed by atoms with Crippen LogP contribution < -0.4 is 5.32 Å². The summed E-state index contributed by atoms with van der Waals surface area (Å²) >= 11 is 0. The van der Waals surface area contributed by atoms with E-state index < -0.39 is 0 Å². The summed E-state index contributed by atoms with van der Waals surface area (Å²) in [5.41, 5.74) is 5.28. The topological polar surface area (TPSA) is 69.0 Å². The number of nitrogens with one attached hydrogen (secondary N) is 1. The van der Waals surface area contributed by atoms with Crippen molar-refractivity contribution in [1.29, 1.82) is 5.26 Å². The number of carbonyl (C=O) groups excluding carboxylic acids is 1. The number of hydrogen-bond donors (Lipinski definition) is 1. The summed E-state index contributed by atoms with van der Waals surface area (Å²) in [6.07, 6.45) is 1.92. The van der Waals surface area contributed by atoms with E-state index in [4.69, 9.17) is 0 Å². The Labute approximate surface area is 161 Å². The monoisotopic (exact) mass is 362 g/mol. The molecule has 0 spiro atoms. The maximum absolute atomic E-state index is 12.7. The van der Waals surface area contributed by atoms with Crippen LogP contribution in [-0.2, 0) is 13.0 Å². The van der Waals surface area contributed by atoms with Crippen molar-refractivity contribution >= 4 is 5.78 Å². The van der Waals surface area contributed by atoms with Gasteiger partial charge in [-0.3, -0.25) is 14.7 Å². The molecule has 1 atom stereocenters. The number of pyridine rings is 1. The second kappa shape index (κ2) is 8.43. The lowest BCUT2D eigenvalue weighted by molar-refractivity contribution is 0.0992. The van der Waals surface area contributed by atoms with Gasteiger partial charge in [0.15, 0.2) is 5.78 Å². The van der Waals surface area contributed by atoms with Gasteiger partial charge in [-0.25, -0.2) is 0 Å². The molecule has 2 heterocycles. The number of hydrogen-bond acceptors (Lipinski definition) is 5. The Hall–Kier alpha value is -2.55. The Morgan fingerprint density at radius 2 is 2.11 bits per heavy atom. The number of Topliss-reactive ketones (excluding diaryl/α,β-unsaturated/α-hetero) is 1. The van der Waals surface area contributed by atoms with Crippen molar-refractivity contribution in [2.45, 2.75) is 39.8 Å². The van der Waals surface area contributed by atoms with Crippen LogP contribution in [0.4, 0.5) is 0 Å². The lowest BCUT2D eigenvalue weighted by Crippen LogP contribution is -2.48. The predicted molar refractivity (Wildman–Crippen MR) is 106 cm³/mol. The lowest BCUT2D eigenvalue weighted by Gasteiger charge is -2.32. The Morgan fingerprint density at radius 1 is 1.33 bits per heavy atom. The first-order valence-electron chi connectivity index (χ1n) is 9.40. The summed E-state index contributed by atoms with van der Waals surface area (Å²) in [5.74, 6) is 0.0300. The van der Waals surface area contributed by atoms with Crippen LogP contribution in [0.15, 0.2) is 30.5 Å². The molecule has 0 radical (unpaired) electrons. The second-order valence-electron chi connectivity index (χ2n) is 7.41. The van der Waals surface area contributed by atoms with Gasteiger partial charge in [0.1, 0.15) is 0 Å². The number of carbonyl (C=O) groups is 1. The van der Waals surface area contributed by atoms with Crippen molar-refractivity contribution in [2.24, 2.45) is 0 Å². The van der Waals surface area contributed by atoms with Gasteiger partial charge >= 0.3 is 0 Å². The minimum atomic E-state index is 0.0300. The molecule has 0 amide bonds. The second-order valence-corrected chi connectivity index (χ2v) is 7.41. The first-order valence-corrected chi connectivity index (χ1v) is 9.40. The van der Waals surface area contributed by atoms with Crippen molar-refractivity contribution in [3.8, 4) is 6.07 Å². The highest BCUT2D eigenvalue weighted by molar-refractivity contribution is 5.97.